The Balaban J connectivity index is 5.12. The van der Waals surface area contributed by atoms with Crippen molar-refractivity contribution in [2.45, 2.75) is 445 Å². The van der Waals surface area contributed by atoms with Crippen LogP contribution in [0, 0.1) is 5.92 Å². The number of phosphoric acid groups is 2. The van der Waals surface area contributed by atoms with E-state index in [1.165, 1.54) is 244 Å². The van der Waals surface area contributed by atoms with Gasteiger partial charge >= 0.3 is 39.5 Å². The molecule has 0 amide bonds. The van der Waals surface area contributed by atoms with Gasteiger partial charge in [0.15, 0.2) is 12.2 Å². The lowest BCUT2D eigenvalue weighted by Crippen LogP contribution is -2.30. The maximum absolute atomic E-state index is 13.1. The van der Waals surface area contributed by atoms with E-state index in [1.54, 1.807) is 0 Å². The van der Waals surface area contributed by atoms with Crippen LogP contribution < -0.4 is 0 Å². The lowest BCUT2D eigenvalue weighted by molar-refractivity contribution is -0.161. The summed E-state index contributed by atoms with van der Waals surface area (Å²) in [4.78, 5) is 72.7. The number of hydrogen-bond acceptors (Lipinski definition) is 15. The van der Waals surface area contributed by atoms with Crippen molar-refractivity contribution in [3.05, 3.63) is 0 Å². The normalized spacial score (nSPS) is 13.9. The smallest absolute Gasteiger partial charge is 0.462 e. The van der Waals surface area contributed by atoms with Gasteiger partial charge in [-0.05, 0) is 31.6 Å². The molecule has 99 heavy (non-hydrogen) atoms. The summed E-state index contributed by atoms with van der Waals surface area (Å²) in [6.07, 6.45) is 64.4. The molecule has 588 valence electrons. The number of phosphoric ester groups is 2. The van der Waals surface area contributed by atoms with Gasteiger partial charge in [0.2, 0.25) is 0 Å². The molecule has 3 N–H and O–H groups in total. The second-order valence-corrected chi connectivity index (χ2v) is 32.2. The maximum Gasteiger partial charge on any atom is 0.472 e. The van der Waals surface area contributed by atoms with E-state index in [0.29, 0.717) is 25.7 Å². The topological polar surface area (TPSA) is 237 Å². The Morgan fingerprint density at radius 1 is 0.273 bits per heavy atom. The molecule has 0 saturated heterocycles. The highest BCUT2D eigenvalue weighted by Gasteiger charge is 2.30. The number of carbonyl (C=O) groups excluding carboxylic acids is 4. The van der Waals surface area contributed by atoms with Gasteiger partial charge in [-0.1, -0.05) is 375 Å². The van der Waals surface area contributed by atoms with Crippen LogP contribution in [0.5, 0.6) is 0 Å². The number of aliphatic hydroxyl groups is 1. The first kappa shape index (κ1) is 97.1. The Morgan fingerprint density at radius 2 is 0.465 bits per heavy atom. The van der Waals surface area contributed by atoms with Gasteiger partial charge in [-0.3, -0.25) is 37.3 Å². The zero-order valence-corrected chi connectivity index (χ0v) is 66.4. The van der Waals surface area contributed by atoms with Gasteiger partial charge in [-0.25, -0.2) is 9.13 Å². The third-order valence-electron chi connectivity index (χ3n) is 18.8. The summed E-state index contributed by atoms with van der Waals surface area (Å²) >= 11 is 0. The average molecular weight is 1450 g/mol. The van der Waals surface area contributed by atoms with Gasteiger partial charge in [-0.15, -0.1) is 0 Å². The van der Waals surface area contributed by atoms with Crippen LogP contribution in [0.15, 0.2) is 0 Å². The highest BCUT2D eigenvalue weighted by molar-refractivity contribution is 7.47. The van der Waals surface area contributed by atoms with Gasteiger partial charge in [0.05, 0.1) is 26.4 Å². The minimum atomic E-state index is -4.96. The Bertz CT molecular complexity index is 1890. The summed E-state index contributed by atoms with van der Waals surface area (Å²) in [6.45, 7) is 7.24. The fourth-order valence-electron chi connectivity index (χ4n) is 12.4. The maximum atomic E-state index is 13.1. The van der Waals surface area contributed by atoms with Gasteiger partial charge in [0.1, 0.15) is 19.3 Å². The van der Waals surface area contributed by atoms with Gasteiger partial charge in [0, 0.05) is 25.7 Å². The van der Waals surface area contributed by atoms with Crippen LogP contribution in [-0.2, 0) is 65.4 Å². The average Bonchev–Trinajstić information content (AvgIpc) is 1.13. The van der Waals surface area contributed by atoms with Crippen LogP contribution in [-0.4, -0.2) is 96.7 Å². The van der Waals surface area contributed by atoms with Crippen molar-refractivity contribution >= 4 is 39.5 Å². The molecular formula is C80H156O17P2. The lowest BCUT2D eigenvalue weighted by atomic mass is 10.0. The Hall–Kier alpha value is -1.94. The summed E-state index contributed by atoms with van der Waals surface area (Å²) in [6, 6.07) is 0. The zero-order valence-electron chi connectivity index (χ0n) is 64.6. The number of rotatable bonds is 80. The highest BCUT2D eigenvalue weighted by Crippen LogP contribution is 2.45. The molecule has 0 rings (SSSR count). The predicted octanol–water partition coefficient (Wildman–Crippen LogP) is 24.0. The third kappa shape index (κ3) is 74.1. The third-order valence-corrected chi connectivity index (χ3v) is 20.7. The molecule has 17 nitrogen and oxygen atoms in total. The molecule has 0 aliphatic rings. The molecule has 0 aromatic carbocycles. The molecule has 0 aliphatic carbocycles. The first-order valence-corrected chi connectivity index (χ1v) is 44.6. The monoisotopic (exact) mass is 1450 g/mol. The molecule has 0 spiro atoms. The second kappa shape index (κ2) is 73.0. The van der Waals surface area contributed by atoms with Crippen molar-refractivity contribution in [3.63, 3.8) is 0 Å². The number of aliphatic hydroxyl groups excluding tert-OH is 1. The molecule has 0 fully saturated rings. The van der Waals surface area contributed by atoms with Crippen molar-refractivity contribution in [1.82, 2.24) is 0 Å². The first-order chi connectivity index (χ1) is 48.0. The number of carbonyl (C=O) groups is 4. The minimum absolute atomic E-state index is 0.106. The molecule has 0 radical (unpaired) electrons. The Labute approximate surface area is 607 Å². The van der Waals surface area contributed by atoms with E-state index >= 15 is 0 Å². The highest BCUT2D eigenvalue weighted by atomic mass is 31.2. The van der Waals surface area contributed by atoms with Crippen LogP contribution >= 0.6 is 15.6 Å². The van der Waals surface area contributed by atoms with Crippen molar-refractivity contribution < 1.29 is 80.2 Å². The van der Waals surface area contributed by atoms with Gasteiger partial charge in [0.25, 0.3) is 0 Å². The van der Waals surface area contributed by atoms with E-state index in [-0.39, 0.29) is 25.7 Å². The molecule has 0 aromatic rings. The van der Waals surface area contributed by atoms with Crippen LogP contribution in [0.4, 0.5) is 0 Å². The van der Waals surface area contributed by atoms with Crippen LogP contribution in [0.3, 0.4) is 0 Å². The number of hydrogen-bond donors (Lipinski definition) is 3. The standard InChI is InChI=1S/C80H156O17P2/c1-6-9-12-15-17-19-21-23-25-27-29-30-31-33-35-37-42-46-50-55-60-66-80(85)97-76(70-91-78(83)64-59-54-49-45-41-36-34-32-28-26-24-22-20-18-16-13-10-7-2)72-95-99(88,89)93-68-74(81)67-92-98(86,87)94-71-75(69-90-77(82)63-58-52-14-11-8-3)96-79(84)65-61-56-51-47-43-39-38-40-44-48-53-57-62-73(4)5/h73-76,81H,6-72H2,1-5H3,(H,86,87)(H,88,89)/t74-,75+,76+/m0/s1. The lowest BCUT2D eigenvalue weighted by Gasteiger charge is -2.21. The van der Waals surface area contributed by atoms with E-state index in [9.17, 15) is 43.2 Å². The zero-order chi connectivity index (χ0) is 72.7. The van der Waals surface area contributed by atoms with E-state index in [0.717, 1.165) is 102 Å². The molecule has 0 bridgehead atoms. The van der Waals surface area contributed by atoms with Crippen molar-refractivity contribution in [3.8, 4) is 0 Å². The van der Waals surface area contributed by atoms with Gasteiger partial charge in [-0.2, -0.15) is 0 Å². The summed E-state index contributed by atoms with van der Waals surface area (Å²) in [5, 5.41) is 10.6. The summed E-state index contributed by atoms with van der Waals surface area (Å²) in [5.74, 6) is -1.34. The summed E-state index contributed by atoms with van der Waals surface area (Å²) in [7, 11) is -9.91. The minimum Gasteiger partial charge on any atom is -0.462 e. The molecule has 2 unspecified atom stereocenters. The molecule has 0 heterocycles. The molecule has 19 heteroatoms. The molecule has 0 saturated carbocycles. The van der Waals surface area contributed by atoms with Crippen molar-refractivity contribution in [2.75, 3.05) is 39.6 Å². The van der Waals surface area contributed by atoms with Gasteiger partial charge < -0.3 is 33.8 Å². The summed E-state index contributed by atoms with van der Waals surface area (Å²) < 4.78 is 68.4. The number of ether oxygens (including phenoxy) is 4. The Morgan fingerprint density at radius 3 is 0.687 bits per heavy atom. The van der Waals surface area contributed by atoms with E-state index in [1.807, 2.05) is 0 Å². The summed E-state index contributed by atoms with van der Waals surface area (Å²) in [5.41, 5.74) is 0. The van der Waals surface area contributed by atoms with Crippen LogP contribution in [0.1, 0.15) is 426 Å². The van der Waals surface area contributed by atoms with E-state index < -0.39 is 97.5 Å². The van der Waals surface area contributed by atoms with Crippen LogP contribution in [0.25, 0.3) is 0 Å². The predicted molar refractivity (Wildman–Crippen MR) is 405 cm³/mol. The molecule has 5 atom stereocenters. The van der Waals surface area contributed by atoms with E-state index in [4.69, 9.17) is 37.0 Å². The molecular weight excluding hydrogens is 1290 g/mol. The quantitative estimate of drug-likeness (QED) is 0.0222. The van der Waals surface area contributed by atoms with Crippen LogP contribution in [0.2, 0.25) is 0 Å². The van der Waals surface area contributed by atoms with Crippen molar-refractivity contribution in [1.29, 1.82) is 0 Å². The first-order valence-electron chi connectivity index (χ1n) is 41.6. The fraction of sp³-hybridized carbons (Fsp3) is 0.950. The SMILES string of the molecule is CCCCCCCCCCCCCCCCCCCCCCCC(=O)O[C@H](COC(=O)CCCCCCCCCCCCCCCCCCCC)COP(=O)(O)OC[C@@H](O)COP(=O)(O)OC[C@@H](COC(=O)CCCCCCC)OC(=O)CCCCCCCCCCCCCCC(C)C. The second-order valence-electron chi connectivity index (χ2n) is 29.3. The van der Waals surface area contributed by atoms with Crippen molar-refractivity contribution in [2.24, 2.45) is 5.92 Å². The molecule has 0 aromatic heterocycles. The molecule has 0 aliphatic heterocycles. The Kier molecular flexibility index (Phi) is 71.6. The largest absolute Gasteiger partial charge is 0.472 e. The number of esters is 4. The number of unbranched alkanes of at least 4 members (excludes halogenated alkanes) is 52. The fourth-order valence-corrected chi connectivity index (χ4v) is 14.0. The van der Waals surface area contributed by atoms with E-state index in [2.05, 4.69) is 34.6 Å².